The van der Waals surface area contributed by atoms with Gasteiger partial charge in [-0.1, -0.05) is 6.07 Å². The molecule has 1 aliphatic heterocycles. The number of amides is 1. The van der Waals surface area contributed by atoms with Gasteiger partial charge in [0, 0.05) is 19.0 Å². The standard InChI is InChI=1S/C15H17F2NO3/c16-14(17)10-18(6-7-19)15(20)4-2-11-1-3-13-12(9-11)5-8-21-13/h1-4,9,14,19H,5-8,10H2/b4-2+. The van der Waals surface area contributed by atoms with Crippen molar-refractivity contribution in [2.45, 2.75) is 12.8 Å². The molecule has 2 rings (SSSR count). The number of hydrogen-bond acceptors (Lipinski definition) is 3. The molecular weight excluding hydrogens is 280 g/mol. The maximum atomic E-state index is 12.4. The van der Waals surface area contributed by atoms with Crippen LogP contribution in [0.25, 0.3) is 6.08 Å². The van der Waals surface area contributed by atoms with Gasteiger partial charge in [-0.05, 0) is 29.3 Å². The van der Waals surface area contributed by atoms with Gasteiger partial charge in [0.15, 0.2) is 0 Å². The zero-order chi connectivity index (χ0) is 15.2. The van der Waals surface area contributed by atoms with Gasteiger partial charge in [-0.2, -0.15) is 0 Å². The normalized spacial score (nSPS) is 13.5. The molecule has 1 aliphatic rings. The predicted octanol–water partition coefficient (Wildman–Crippen LogP) is 1.72. The number of carbonyl (C=O) groups is 1. The third kappa shape index (κ3) is 4.26. The number of halogens is 2. The lowest BCUT2D eigenvalue weighted by atomic mass is 10.1. The van der Waals surface area contributed by atoms with E-state index in [0.29, 0.717) is 6.61 Å². The molecule has 1 N–H and O–H groups in total. The number of rotatable bonds is 6. The van der Waals surface area contributed by atoms with Crippen LogP contribution in [0.15, 0.2) is 24.3 Å². The number of nitrogens with zero attached hydrogens (tertiary/aromatic N) is 1. The molecule has 4 nitrogen and oxygen atoms in total. The molecule has 6 heteroatoms. The summed E-state index contributed by atoms with van der Waals surface area (Å²) in [6.07, 6.45) is 1.03. The van der Waals surface area contributed by atoms with Gasteiger partial charge in [-0.3, -0.25) is 4.79 Å². The fourth-order valence-electron chi connectivity index (χ4n) is 2.16. The molecule has 0 fully saturated rings. The zero-order valence-electron chi connectivity index (χ0n) is 11.5. The van der Waals surface area contributed by atoms with E-state index < -0.39 is 18.9 Å². The first-order valence-corrected chi connectivity index (χ1v) is 6.72. The Morgan fingerprint density at radius 3 is 3.00 bits per heavy atom. The molecule has 0 unspecified atom stereocenters. The number of aliphatic hydroxyl groups is 1. The Labute approximate surface area is 121 Å². The molecule has 1 heterocycles. The summed E-state index contributed by atoms with van der Waals surface area (Å²) >= 11 is 0. The second-order valence-electron chi connectivity index (χ2n) is 4.70. The second-order valence-corrected chi connectivity index (χ2v) is 4.70. The lowest BCUT2D eigenvalue weighted by Gasteiger charge is -2.19. The molecule has 0 atom stereocenters. The Bertz CT molecular complexity index is 532. The van der Waals surface area contributed by atoms with Crippen molar-refractivity contribution in [2.75, 3.05) is 26.3 Å². The summed E-state index contributed by atoms with van der Waals surface area (Å²) in [6.45, 7) is -0.476. The number of alkyl halides is 2. The van der Waals surface area contributed by atoms with Crippen LogP contribution >= 0.6 is 0 Å². The average Bonchev–Trinajstić information content (AvgIpc) is 2.91. The van der Waals surface area contributed by atoms with Gasteiger partial charge in [-0.25, -0.2) is 8.78 Å². The van der Waals surface area contributed by atoms with Crippen LogP contribution in [-0.4, -0.2) is 48.6 Å². The fraction of sp³-hybridized carbons (Fsp3) is 0.400. The van der Waals surface area contributed by atoms with Gasteiger partial charge in [0.1, 0.15) is 5.75 Å². The van der Waals surface area contributed by atoms with E-state index in [-0.39, 0.29) is 13.2 Å². The Balaban J connectivity index is 2.03. The zero-order valence-corrected chi connectivity index (χ0v) is 11.5. The van der Waals surface area contributed by atoms with Crippen LogP contribution in [0.2, 0.25) is 0 Å². The van der Waals surface area contributed by atoms with Crippen molar-refractivity contribution in [2.24, 2.45) is 0 Å². The molecule has 1 amide bonds. The highest BCUT2D eigenvalue weighted by Crippen LogP contribution is 2.26. The van der Waals surface area contributed by atoms with Crippen LogP contribution in [0.3, 0.4) is 0 Å². The summed E-state index contributed by atoms with van der Waals surface area (Å²) in [5.74, 6) is 0.305. The van der Waals surface area contributed by atoms with Crippen molar-refractivity contribution in [3.8, 4) is 5.75 Å². The van der Waals surface area contributed by atoms with Gasteiger partial charge < -0.3 is 14.7 Å². The number of carbonyl (C=O) groups excluding carboxylic acids is 1. The number of fused-ring (bicyclic) bond motifs is 1. The monoisotopic (exact) mass is 297 g/mol. The minimum absolute atomic E-state index is 0.106. The van der Waals surface area contributed by atoms with E-state index in [0.717, 1.165) is 28.2 Å². The number of hydrogen-bond donors (Lipinski definition) is 1. The largest absolute Gasteiger partial charge is 0.493 e. The van der Waals surface area contributed by atoms with Crippen molar-refractivity contribution in [1.29, 1.82) is 0 Å². The Morgan fingerprint density at radius 1 is 1.48 bits per heavy atom. The summed E-state index contributed by atoms with van der Waals surface area (Å²) < 4.78 is 30.1. The molecule has 1 aromatic rings. The molecular formula is C15H17F2NO3. The van der Waals surface area contributed by atoms with E-state index in [1.54, 1.807) is 12.1 Å². The van der Waals surface area contributed by atoms with E-state index in [2.05, 4.69) is 0 Å². The van der Waals surface area contributed by atoms with Crippen LogP contribution in [0.5, 0.6) is 5.75 Å². The first kappa shape index (κ1) is 15.4. The molecule has 114 valence electrons. The van der Waals surface area contributed by atoms with Gasteiger partial charge in [-0.15, -0.1) is 0 Å². The fourth-order valence-corrected chi connectivity index (χ4v) is 2.16. The van der Waals surface area contributed by atoms with Crippen molar-refractivity contribution < 1.29 is 23.4 Å². The van der Waals surface area contributed by atoms with Crippen LogP contribution < -0.4 is 4.74 Å². The van der Waals surface area contributed by atoms with E-state index in [9.17, 15) is 13.6 Å². The number of ether oxygens (including phenoxy) is 1. The molecule has 0 spiro atoms. The van der Waals surface area contributed by atoms with Crippen LogP contribution in [0, 0.1) is 0 Å². The SMILES string of the molecule is O=C(/C=C/c1ccc2c(c1)CCO2)N(CCO)CC(F)F. The third-order valence-electron chi connectivity index (χ3n) is 3.17. The van der Waals surface area contributed by atoms with Gasteiger partial charge in [0.25, 0.3) is 6.43 Å². The van der Waals surface area contributed by atoms with E-state index >= 15 is 0 Å². The Hall–Kier alpha value is -1.95. The van der Waals surface area contributed by atoms with Crippen molar-refractivity contribution >= 4 is 12.0 Å². The van der Waals surface area contributed by atoms with E-state index in [1.807, 2.05) is 12.1 Å². The predicted molar refractivity (Wildman–Crippen MR) is 74.3 cm³/mol. The first-order valence-electron chi connectivity index (χ1n) is 6.72. The summed E-state index contributed by atoms with van der Waals surface area (Å²) in [7, 11) is 0. The number of benzene rings is 1. The molecule has 0 radical (unpaired) electrons. The Kier molecular flexibility index (Phi) is 5.27. The summed E-state index contributed by atoms with van der Waals surface area (Å²) in [4.78, 5) is 12.8. The molecule has 0 saturated heterocycles. The highest BCUT2D eigenvalue weighted by Gasteiger charge is 2.16. The van der Waals surface area contributed by atoms with Crippen molar-refractivity contribution in [3.05, 3.63) is 35.4 Å². The lowest BCUT2D eigenvalue weighted by Crippen LogP contribution is -2.36. The maximum Gasteiger partial charge on any atom is 0.255 e. The first-order chi connectivity index (χ1) is 10.1. The molecule has 0 bridgehead atoms. The molecule has 21 heavy (non-hydrogen) atoms. The number of aliphatic hydroxyl groups excluding tert-OH is 1. The maximum absolute atomic E-state index is 12.4. The summed E-state index contributed by atoms with van der Waals surface area (Å²) in [6, 6.07) is 5.55. The van der Waals surface area contributed by atoms with E-state index in [1.165, 1.54) is 6.08 Å². The van der Waals surface area contributed by atoms with Crippen molar-refractivity contribution in [3.63, 3.8) is 0 Å². The average molecular weight is 297 g/mol. The highest BCUT2D eigenvalue weighted by atomic mass is 19.3. The van der Waals surface area contributed by atoms with Gasteiger partial charge in [0.2, 0.25) is 5.91 Å². The Morgan fingerprint density at radius 2 is 2.29 bits per heavy atom. The van der Waals surface area contributed by atoms with Crippen LogP contribution in [0.1, 0.15) is 11.1 Å². The van der Waals surface area contributed by atoms with Crippen molar-refractivity contribution in [1.82, 2.24) is 4.90 Å². The third-order valence-corrected chi connectivity index (χ3v) is 3.17. The smallest absolute Gasteiger partial charge is 0.255 e. The topological polar surface area (TPSA) is 49.8 Å². The second kappa shape index (κ2) is 7.17. The van der Waals surface area contributed by atoms with Gasteiger partial charge in [0.05, 0.1) is 19.8 Å². The minimum atomic E-state index is -2.62. The van der Waals surface area contributed by atoms with E-state index in [4.69, 9.17) is 9.84 Å². The van der Waals surface area contributed by atoms with Crippen LogP contribution in [0.4, 0.5) is 8.78 Å². The quantitative estimate of drug-likeness (QED) is 0.813. The molecule has 0 aliphatic carbocycles. The molecule has 1 aromatic carbocycles. The summed E-state index contributed by atoms with van der Waals surface area (Å²) in [5.41, 5.74) is 1.89. The molecule has 0 saturated carbocycles. The van der Waals surface area contributed by atoms with Crippen LogP contribution in [-0.2, 0) is 11.2 Å². The minimum Gasteiger partial charge on any atom is -0.493 e. The van der Waals surface area contributed by atoms with Gasteiger partial charge >= 0.3 is 0 Å². The summed E-state index contributed by atoms with van der Waals surface area (Å²) in [5, 5.41) is 8.81. The molecule has 0 aromatic heterocycles. The lowest BCUT2D eigenvalue weighted by molar-refractivity contribution is -0.128. The highest BCUT2D eigenvalue weighted by molar-refractivity contribution is 5.91.